The lowest BCUT2D eigenvalue weighted by atomic mass is 10.1. The molecule has 2 heterocycles. The lowest BCUT2D eigenvalue weighted by Gasteiger charge is -2.35. The van der Waals surface area contributed by atoms with E-state index in [1.807, 2.05) is 32.0 Å². The van der Waals surface area contributed by atoms with E-state index in [0.29, 0.717) is 43.3 Å². The molecule has 26 heavy (non-hydrogen) atoms. The van der Waals surface area contributed by atoms with Gasteiger partial charge in [-0.2, -0.15) is 4.98 Å². The summed E-state index contributed by atoms with van der Waals surface area (Å²) in [5, 5.41) is 0. The molecule has 1 saturated heterocycles. The molecule has 1 aromatic carbocycles. The average molecular weight is 357 g/mol. The van der Waals surface area contributed by atoms with Gasteiger partial charge in [0.1, 0.15) is 11.6 Å². The molecule has 0 aliphatic carbocycles. The summed E-state index contributed by atoms with van der Waals surface area (Å²) in [6, 6.07) is 6.58. The van der Waals surface area contributed by atoms with E-state index in [-0.39, 0.29) is 11.7 Å². The molecule has 7 heteroatoms. The van der Waals surface area contributed by atoms with Crippen LogP contribution >= 0.6 is 0 Å². The molecule has 2 aromatic rings. The minimum absolute atomic E-state index is 0.136. The van der Waals surface area contributed by atoms with Crippen molar-refractivity contribution < 1.29 is 9.18 Å². The van der Waals surface area contributed by atoms with Crippen LogP contribution in [0.2, 0.25) is 0 Å². The van der Waals surface area contributed by atoms with E-state index in [0.717, 1.165) is 11.5 Å². The number of anilines is 2. The Labute approximate surface area is 153 Å². The molecule has 0 spiro atoms. The summed E-state index contributed by atoms with van der Waals surface area (Å²) in [6.07, 6.45) is 0. The third-order valence-electron chi connectivity index (χ3n) is 4.56. The standard InChI is InChI=1S/C19H24FN5O/c1-13-5-6-15(12-16(13)20)18(26)24-7-9-25(10-8-24)19-21-14(2)11-17(22-19)23(3)4/h5-6,11-12H,7-10H2,1-4H3. The molecule has 1 amide bonds. The SMILES string of the molecule is Cc1cc(N(C)C)nc(N2CCN(C(=O)c3ccc(C)c(F)c3)CC2)n1. The number of amides is 1. The fraction of sp³-hybridized carbons (Fsp3) is 0.421. The lowest BCUT2D eigenvalue weighted by molar-refractivity contribution is 0.0745. The summed E-state index contributed by atoms with van der Waals surface area (Å²) >= 11 is 0. The summed E-state index contributed by atoms with van der Waals surface area (Å²) in [5.41, 5.74) is 1.84. The normalized spacial score (nSPS) is 14.5. The molecule has 0 radical (unpaired) electrons. The minimum atomic E-state index is -0.348. The number of piperazine rings is 1. The van der Waals surface area contributed by atoms with Gasteiger partial charge in [-0.15, -0.1) is 0 Å². The highest BCUT2D eigenvalue weighted by atomic mass is 19.1. The van der Waals surface area contributed by atoms with Gasteiger partial charge in [0.2, 0.25) is 5.95 Å². The molecule has 0 atom stereocenters. The second-order valence-electron chi connectivity index (χ2n) is 6.81. The Balaban J connectivity index is 1.69. The number of halogens is 1. The first-order valence-corrected chi connectivity index (χ1v) is 8.68. The van der Waals surface area contributed by atoms with Crippen LogP contribution in [0.3, 0.4) is 0 Å². The summed E-state index contributed by atoms with van der Waals surface area (Å²) < 4.78 is 13.7. The molecular formula is C19H24FN5O. The van der Waals surface area contributed by atoms with Gasteiger partial charge in [-0.3, -0.25) is 4.79 Å². The van der Waals surface area contributed by atoms with Crippen LogP contribution in [-0.4, -0.2) is 61.0 Å². The molecule has 0 saturated carbocycles. The molecule has 0 bridgehead atoms. The first-order chi connectivity index (χ1) is 12.3. The van der Waals surface area contributed by atoms with Gasteiger partial charge in [-0.25, -0.2) is 9.37 Å². The topological polar surface area (TPSA) is 52.6 Å². The largest absolute Gasteiger partial charge is 0.363 e. The predicted molar refractivity (Wildman–Crippen MR) is 100 cm³/mol. The van der Waals surface area contributed by atoms with Gasteiger partial charge < -0.3 is 14.7 Å². The van der Waals surface area contributed by atoms with Crippen LogP contribution in [0.1, 0.15) is 21.6 Å². The van der Waals surface area contributed by atoms with Crippen molar-refractivity contribution in [2.75, 3.05) is 50.1 Å². The molecule has 0 N–H and O–H groups in total. The number of carbonyl (C=O) groups is 1. The van der Waals surface area contributed by atoms with Crippen LogP contribution in [0.5, 0.6) is 0 Å². The Hall–Kier alpha value is -2.70. The fourth-order valence-electron chi connectivity index (χ4n) is 2.93. The molecule has 1 fully saturated rings. The van der Waals surface area contributed by atoms with E-state index in [9.17, 15) is 9.18 Å². The highest BCUT2D eigenvalue weighted by Gasteiger charge is 2.24. The maximum absolute atomic E-state index is 13.7. The number of aryl methyl sites for hydroxylation is 2. The Kier molecular flexibility index (Phi) is 5.06. The van der Waals surface area contributed by atoms with Crippen molar-refractivity contribution in [1.29, 1.82) is 0 Å². The molecular weight excluding hydrogens is 333 g/mol. The van der Waals surface area contributed by atoms with E-state index >= 15 is 0 Å². The van der Waals surface area contributed by atoms with E-state index in [2.05, 4.69) is 14.9 Å². The second kappa shape index (κ2) is 7.27. The van der Waals surface area contributed by atoms with Crippen molar-refractivity contribution in [2.24, 2.45) is 0 Å². The van der Waals surface area contributed by atoms with Crippen LogP contribution in [0.15, 0.2) is 24.3 Å². The van der Waals surface area contributed by atoms with Crippen molar-refractivity contribution in [3.63, 3.8) is 0 Å². The quantitative estimate of drug-likeness (QED) is 0.843. The number of benzene rings is 1. The van der Waals surface area contributed by atoms with Crippen molar-refractivity contribution >= 4 is 17.7 Å². The number of rotatable bonds is 3. The van der Waals surface area contributed by atoms with E-state index in [4.69, 9.17) is 0 Å². The summed E-state index contributed by atoms with van der Waals surface area (Å²) in [7, 11) is 3.89. The highest BCUT2D eigenvalue weighted by Crippen LogP contribution is 2.18. The van der Waals surface area contributed by atoms with Crippen LogP contribution in [0.25, 0.3) is 0 Å². The van der Waals surface area contributed by atoms with Crippen molar-refractivity contribution in [2.45, 2.75) is 13.8 Å². The Morgan fingerprint density at radius 3 is 2.38 bits per heavy atom. The molecule has 3 rings (SSSR count). The van der Waals surface area contributed by atoms with Crippen molar-refractivity contribution in [3.05, 3.63) is 46.9 Å². The minimum Gasteiger partial charge on any atom is -0.363 e. The molecule has 1 aliphatic heterocycles. The Morgan fingerprint density at radius 1 is 1.08 bits per heavy atom. The molecule has 1 aromatic heterocycles. The second-order valence-corrected chi connectivity index (χ2v) is 6.81. The van der Waals surface area contributed by atoms with Crippen molar-refractivity contribution in [1.82, 2.24) is 14.9 Å². The lowest BCUT2D eigenvalue weighted by Crippen LogP contribution is -2.49. The zero-order chi connectivity index (χ0) is 18.8. The molecule has 6 nitrogen and oxygen atoms in total. The van der Waals surface area contributed by atoms with E-state index in [1.165, 1.54) is 6.07 Å². The number of aromatic nitrogens is 2. The van der Waals surface area contributed by atoms with Crippen LogP contribution in [0.4, 0.5) is 16.2 Å². The van der Waals surface area contributed by atoms with E-state index in [1.54, 1.807) is 24.0 Å². The van der Waals surface area contributed by atoms with Gasteiger partial charge >= 0.3 is 0 Å². The number of nitrogens with zero attached hydrogens (tertiary/aromatic N) is 5. The summed E-state index contributed by atoms with van der Waals surface area (Å²) in [4.78, 5) is 27.5. The van der Waals surface area contributed by atoms with Crippen LogP contribution in [0, 0.1) is 19.7 Å². The van der Waals surface area contributed by atoms with Crippen LogP contribution < -0.4 is 9.80 Å². The van der Waals surface area contributed by atoms with Crippen LogP contribution in [-0.2, 0) is 0 Å². The first kappa shape index (κ1) is 18.1. The Morgan fingerprint density at radius 2 is 1.77 bits per heavy atom. The maximum Gasteiger partial charge on any atom is 0.254 e. The fourth-order valence-corrected chi connectivity index (χ4v) is 2.93. The molecule has 138 valence electrons. The van der Waals surface area contributed by atoms with Gasteiger partial charge in [0, 0.05) is 57.6 Å². The number of hydrogen-bond donors (Lipinski definition) is 0. The summed E-state index contributed by atoms with van der Waals surface area (Å²) in [5.74, 6) is 1.06. The van der Waals surface area contributed by atoms with Gasteiger partial charge in [-0.1, -0.05) is 6.07 Å². The average Bonchev–Trinajstić information content (AvgIpc) is 2.63. The van der Waals surface area contributed by atoms with Gasteiger partial charge in [0.15, 0.2) is 0 Å². The summed E-state index contributed by atoms with van der Waals surface area (Å²) in [6.45, 7) is 6.05. The zero-order valence-corrected chi connectivity index (χ0v) is 15.7. The van der Waals surface area contributed by atoms with Gasteiger partial charge in [0.25, 0.3) is 5.91 Å². The first-order valence-electron chi connectivity index (χ1n) is 8.68. The van der Waals surface area contributed by atoms with Gasteiger partial charge in [-0.05, 0) is 31.5 Å². The third kappa shape index (κ3) is 3.76. The predicted octanol–water partition coefficient (Wildman–Crippen LogP) is 2.26. The maximum atomic E-state index is 13.7. The monoisotopic (exact) mass is 357 g/mol. The highest BCUT2D eigenvalue weighted by molar-refractivity contribution is 5.94. The molecule has 1 aliphatic rings. The zero-order valence-electron chi connectivity index (χ0n) is 15.7. The van der Waals surface area contributed by atoms with E-state index < -0.39 is 0 Å². The van der Waals surface area contributed by atoms with Gasteiger partial charge in [0.05, 0.1) is 0 Å². The number of hydrogen-bond acceptors (Lipinski definition) is 5. The van der Waals surface area contributed by atoms with Crippen molar-refractivity contribution in [3.8, 4) is 0 Å². The smallest absolute Gasteiger partial charge is 0.254 e. The third-order valence-corrected chi connectivity index (χ3v) is 4.56. The molecule has 0 unspecified atom stereocenters. The Bertz CT molecular complexity index is 816. The number of carbonyl (C=O) groups excluding carboxylic acids is 1.